The Hall–Kier alpha value is -2.19. The number of ether oxygens (including phenoxy) is 2. The van der Waals surface area contributed by atoms with Gasteiger partial charge in [-0.3, -0.25) is 0 Å². The highest BCUT2D eigenvalue weighted by atomic mass is 35.5. The van der Waals surface area contributed by atoms with E-state index in [-0.39, 0.29) is 16.4 Å². The lowest BCUT2D eigenvalue weighted by Crippen LogP contribution is -2.45. The maximum atomic E-state index is 12.8. The van der Waals surface area contributed by atoms with Gasteiger partial charge in [0.15, 0.2) is 5.75 Å². The van der Waals surface area contributed by atoms with Crippen LogP contribution in [0.3, 0.4) is 0 Å². The normalized spacial score (nSPS) is 12.4. The molecule has 1 amide bonds. The van der Waals surface area contributed by atoms with E-state index in [2.05, 4.69) is 12.2 Å². The van der Waals surface area contributed by atoms with Crippen LogP contribution >= 0.6 is 23.4 Å². The number of rotatable bonds is 9. The number of unbranched alkanes of at least 4 members (excludes halogenated alkanes) is 1. The van der Waals surface area contributed by atoms with Crippen LogP contribution in [0.15, 0.2) is 27.4 Å². The summed E-state index contributed by atoms with van der Waals surface area (Å²) in [4.78, 5) is 37.0. The van der Waals surface area contributed by atoms with Gasteiger partial charge in [0, 0.05) is 17.5 Å². The number of thioether (sulfide) groups is 1. The topological polar surface area (TPSA) is 94.8 Å². The lowest BCUT2D eigenvalue weighted by Gasteiger charge is -2.23. The van der Waals surface area contributed by atoms with E-state index in [0.29, 0.717) is 24.0 Å². The first-order valence-electron chi connectivity index (χ1n) is 10.5. The quantitative estimate of drug-likeness (QED) is 0.292. The summed E-state index contributed by atoms with van der Waals surface area (Å²) < 4.78 is 16.0. The number of aryl methyl sites for hydroxylation is 1. The maximum absolute atomic E-state index is 12.8. The molecule has 1 heterocycles. The summed E-state index contributed by atoms with van der Waals surface area (Å²) in [6.07, 6.45) is 4.14. The predicted octanol–water partition coefficient (Wildman–Crippen LogP) is 5.34. The van der Waals surface area contributed by atoms with Gasteiger partial charge in [-0.15, -0.1) is 0 Å². The van der Waals surface area contributed by atoms with E-state index in [1.54, 1.807) is 26.8 Å². The molecule has 2 aromatic rings. The molecule has 9 heteroatoms. The van der Waals surface area contributed by atoms with Gasteiger partial charge in [-0.1, -0.05) is 24.9 Å². The molecule has 0 aliphatic heterocycles. The van der Waals surface area contributed by atoms with Gasteiger partial charge in [-0.25, -0.2) is 14.4 Å². The first kappa shape index (κ1) is 26.1. The van der Waals surface area contributed by atoms with Crippen molar-refractivity contribution in [1.29, 1.82) is 0 Å². The average Bonchev–Trinajstić information content (AvgIpc) is 2.68. The van der Waals surface area contributed by atoms with E-state index in [1.165, 1.54) is 23.9 Å². The van der Waals surface area contributed by atoms with Gasteiger partial charge in [0.2, 0.25) is 0 Å². The van der Waals surface area contributed by atoms with E-state index in [1.807, 2.05) is 6.26 Å². The zero-order chi connectivity index (χ0) is 23.9. The van der Waals surface area contributed by atoms with Crippen LogP contribution in [0.1, 0.15) is 52.5 Å². The van der Waals surface area contributed by atoms with Crippen molar-refractivity contribution in [3.05, 3.63) is 39.2 Å². The molecular weight excluding hydrogens is 454 g/mol. The molecule has 0 aliphatic carbocycles. The molecule has 0 saturated carbocycles. The number of carbonyl (C=O) groups excluding carboxylic acids is 2. The minimum atomic E-state index is -0.924. The molecule has 1 aromatic heterocycles. The van der Waals surface area contributed by atoms with E-state index in [0.717, 1.165) is 18.4 Å². The van der Waals surface area contributed by atoms with Gasteiger partial charge >= 0.3 is 17.7 Å². The molecule has 0 fully saturated rings. The van der Waals surface area contributed by atoms with Crippen LogP contribution in [0.25, 0.3) is 11.0 Å². The van der Waals surface area contributed by atoms with Crippen LogP contribution in [0.2, 0.25) is 5.02 Å². The van der Waals surface area contributed by atoms with E-state index in [9.17, 15) is 14.4 Å². The third-order valence-corrected chi connectivity index (χ3v) is 5.42. The van der Waals surface area contributed by atoms with Crippen molar-refractivity contribution in [2.24, 2.45) is 0 Å². The Labute approximate surface area is 197 Å². The van der Waals surface area contributed by atoms with E-state index >= 15 is 0 Å². The van der Waals surface area contributed by atoms with Crippen molar-refractivity contribution < 1.29 is 23.5 Å². The summed E-state index contributed by atoms with van der Waals surface area (Å²) in [5, 5.41) is 3.47. The second kappa shape index (κ2) is 11.6. The molecule has 1 N–H and O–H groups in total. The molecule has 7 nitrogen and oxygen atoms in total. The SMILES string of the molecule is CCCCc1cc(=O)oc2cc(OC(=O)[C@@H](CCSC)NC(=O)OC(C)(C)C)c(Cl)cc12. The number of carbonyl (C=O) groups is 2. The fourth-order valence-electron chi connectivity index (χ4n) is 2.99. The summed E-state index contributed by atoms with van der Waals surface area (Å²) >= 11 is 7.91. The monoisotopic (exact) mass is 483 g/mol. The third kappa shape index (κ3) is 7.74. The number of hydrogen-bond acceptors (Lipinski definition) is 7. The second-order valence-electron chi connectivity index (χ2n) is 8.37. The van der Waals surface area contributed by atoms with Gasteiger partial charge in [0.25, 0.3) is 0 Å². The lowest BCUT2D eigenvalue weighted by atomic mass is 10.0. The molecule has 0 bridgehead atoms. The molecule has 0 saturated heterocycles. The Morgan fingerprint density at radius 2 is 1.97 bits per heavy atom. The molecule has 32 heavy (non-hydrogen) atoms. The Balaban J connectivity index is 2.28. The largest absolute Gasteiger partial charge is 0.444 e. The standard InChI is InChI=1S/C23H30ClNO6S/c1-6-7-8-14-11-20(26)29-18-13-19(16(24)12-15(14)18)30-21(27)17(9-10-32-5)25-22(28)31-23(2,3)4/h11-13,17H,6-10H2,1-5H3,(H,25,28)/t17-/m1/s1. The summed E-state index contributed by atoms with van der Waals surface area (Å²) in [6.45, 7) is 7.27. The van der Waals surface area contributed by atoms with Crippen LogP contribution < -0.4 is 15.7 Å². The zero-order valence-electron chi connectivity index (χ0n) is 19.1. The number of fused-ring (bicyclic) bond motifs is 1. The first-order chi connectivity index (χ1) is 15.0. The summed E-state index contributed by atoms with van der Waals surface area (Å²) in [5.41, 5.74) is -0.0567. The Bertz CT molecular complexity index is 1010. The van der Waals surface area contributed by atoms with E-state index < -0.39 is 29.3 Å². The van der Waals surface area contributed by atoms with Crippen molar-refractivity contribution in [1.82, 2.24) is 5.32 Å². The predicted molar refractivity (Wildman–Crippen MR) is 128 cm³/mol. The highest BCUT2D eigenvalue weighted by Gasteiger charge is 2.26. The fourth-order valence-corrected chi connectivity index (χ4v) is 3.67. The van der Waals surface area contributed by atoms with Gasteiger partial charge < -0.3 is 19.2 Å². The van der Waals surface area contributed by atoms with Crippen LogP contribution in [0, 0.1) is 0 Å². The van der Waals surface area contributed by atoms with Crippen molar-refractivity contribution >= 4 is 46.4 Å². The van der Waals surface area contributed by atoms with Crippen LogP contribution in [0.4, 0.5) is 4.79 Å². The number of amides is 1. The second-order valence-corrected chi connectivity index (χ2v) is 9.77. The van der Waals surface area contributed by atoms with Crippen molar-refractivity contribution in [3.63, 3.8) is 0 Å². The summed E-state index contributed by atoms with van der Waals surface area (Å²) in [6, 6.07) is 3.60. The zero-order valence-corrected chi connectivity index (χ0v) is 20.7. The number of alkyl carbamates (subject to hydrolysis) is 1. The van der Waals surface area contributed by atoms with Crippen LogP contribution in [0.5, 0.6) is 5.75 Å². The smallest absolute Gasteiger partial charge is 0.408 e. The first-order valence-corrected chi connectivity index (χ1v) is 12.3. The lowest BCUT2D eigenvalue weighted by molar-refractivity contribution is -0.136. The Morgan fingerprint density at radius 3 is 2.59 bits per heavy atom. The highest BCUT2D eigenvalue weighted by molar-refractivity contribution is 7.98. The average molecular weight is 484 g/mol. The Kier molecular flexibility index (Phi) is 9.46. The number of benzene rings is 1. The fraction of sp³-hybridized carbons (Fsp3) is 0.522. The van der Waals surface area contributed by atoms with E-state index in [4.69, 9.17) is 25.5 Å². The molecule has 1 aromatic carbocycles. The highest BCUT2D eigenvalue weighted by Crippen LogP contribution is 2.32. The van der Waals surface area contributed by atoms with Crippen molar-refractivity contribution in [2.45, 2.75) is 65.0 Å². The molecule has 0 radical (unpaired) electrons. The van der Waals surface area contributed by atoms with Gasteiger partial charge in [-0.2, -0.15) is 11.8 Å². The van der Waals surface area contributed by atoms with Gasteiger partial charge in [-0.05, 0) is 63.7 Å². The minimum absolute atomic E-state index is 0.0556. The van der Waals surface area contributed by atoms with Crippen LogP contribution in [-0.2, 0) is 16.0 Å². The number of hydrogen-bond donors (Lipinski definition) is 1. The molecule has 1 atom stereocenters. The number of halogens is 1. The third-order valence-electron chi connectivity index (χ3n) is 4.48. The van der Waals surface area contributed by atoms with Gasteiger partial charge in [0.05, 0.1) is 5.02 Å². The van der Waals surface area contributed by atoms with Gasteiger partial charge in [0.1, 0.15) is 17.2 Å². The van der Waals surface area contributed by atoms with Crippen molar-refractivity contribution in [2.75, 3.05) is 12.0 Å². The summed E-state index contributed by atoms with van der Waals surface area (Å²) in [7, 11) is 0. The van der Waals surface area contributed by atoms with Crippen LogP contribution in [-0.4, -0.2) is 35.7 Å². The maximum Gasteiger partial charge on any atom is 0.408 e. The molecule has 176 valence electrons. The molecule has 0 unspecified atom stereocenters. The molecular formula is C23H30ClNO6S. The summed E-state index contributed by atoms with van der Waals surface area (Å²) in [5.74, 6) is -0.00724. The molecule has 2 rings (SSSR count). The van der Waals surface area contributed by atoms with Crippen molar-refractivity contribution in [3.8, 4) is 5.75 Å². The molecule has 0 spiro atoms. The Morgan fingerprint density at radius 1 is 1.25 bits per heavy atom. The minimum Gasteiger partial charge on any atom is -0.444 e. The number of nitrogens with one attached hydrogen (secondary N) is 1. The molecule has 0 aliphatic rings. The number of esters is 1.